The number of thiazole rings is 1. The Bertz CT molecular complexity index is 635. The predicted molar refractivity (Wildman–Crippen MR) is 66.2 cm³/mol. The van der Waals surface area contributed by atoms with Crippen LogP contribution in [-0.2, 0) is 6.61 Å². The van der Waals surface area contributed by atoms with Crippen molar-refractivity contribution >= 4 is 11.3 Å². The van der Waals surface area contributed by atoms with Crippen LogP contribution in [0.5, 0.6) is 0 Å². The molecule has 0 saturated heterocycles. The van der Waals surface area contributed by atoms with Crippen LogP contribution >= 0.6 is 11.3 Å². The number of hydrogen-bond acceptors (Lipinski definition) is 6. The Morgan fingerprint density at radius 1 is 1.33 bits per heavy atom. The maximum atomic E-state index is 9.34. The molecular formula is C11H9N5OS. The minimum absolute atomic E-state index is 0.171. The Morgan fingerprint density at radius 3 is 2.94 bits per heavy atom. The number of hydrogen-bond donors (Lipinski definition) is 1. The van der Waals surface area contributed by atoms with E-state index in [1.807, 2.05) is 17.5 Å². The van der Waals surface area contributed by atoms with Crippen molar-refractivity contribution in [1.29, 1.82) is 0 Å². The summed E-state index contributed by atoms with van der Waals surface area (Å²) in [5, 5.41) is 19.9. The third kappa shape index (κ3) is 1.79. The van der Waals surface area contributed by atoms with Gasteiger partial charge in [0.05, 0.1) is 6.61 Å². The summed E-state index contributed by atoms with van der Waals surface area (Å²) in [5.74, 6) is 0. The first-order valence-corrected chi connectivity index (χ1v) is 6.14. The van der Waals surface area contributed by atoms with Gasteiger partial charge in [0.1, 0.15) is 11.4 Å². The van der Waals surface area contributed by atoms with Crippen molar-refractivity contribution in [3.63, 3.8) is 0 Å². The zero-order chi connectivity index (χ0) is 12.4. The van der Waals surface area contributed by atoms with E-state index in [1.54, 1.807) is 23.3 Å². The molecule has 0 spiro atoms. The van der Waals surface area contributed by atoms with Crippen LogP contribution in [0.2, 0.25) is 0 Å². The molecule has 0 aliphatic rings. The largest absolute Gasteiger partial charge is 0.390 e. The van der Waals surface area contributed by atoms with E-state index in [0.29, 0.717) is 10.8 Å². The van der Waals surface area contributed by atoms with Crippen molar-refractivity contribution < 1.29 is 5.11 Å². The van der Waals surface area contributed by atoms with E-state index < -0.39 is 0 Å². The summed E-state index contributed by atoms with van der Waals surface area (Å²) in [5.41, 5.74) is 2.08. The van der Waals surface area contributed by atoms with Gasteiger partial charge in [-0.3, -0.25) is 4.98 Å². The first-order chi connectivity index (χ1) is 8.90. The molecule has 3 rings (SSSR count). The van der Waals surface area contributed by atoms with Crippen molar-refractivity contribution in [2.45, 2.75) is 6.61 Å². The van der Waals surface area contributed by atoms with Crippen LogP contribution in [0.25, 0.3) is 16.4 Å². The van der Waals surface area contributed by atoms with Gasteiger partial charge in [-0.05, 0) is 12.1 Å². The summed E-state index contributed by atoms with van der Waals surface area (Å²) in [6.07, 6.45) is 5.11. The second-order valence-electron chi connectivity index (χ2n) is 3.51. The number of nitrogens with zero attached hydrogens (tertiary/aromatic N) is 5. The van der Waals surface area contributed by atoms with E-state index in [0.717, 1.165) is 11.3 Å². The van der Waals surface area contributed by atoms with Crippen LogP contribution in [0.3, 0.4) is 0 Å². The van der Waals surface area contributed by atoms with Crippen LogP contribution in [0.15, 0.2) is 36.1 Å². The molecule has 3 heterocycles. The molecule has 0 unspecified atom stereocenters. The average molecular weight is 259 g/mol. The van der Waals surface area contributed by atoms with E-state index in [1.165, 1.54) is 11.3 Å². The zero-order valence-electron chi connectivity index (χ0n) is 9.26. The van der Waals surface area contributed by atoms with E-state index in [4.69, 9.17) is 0 Å². The van der Waals surface area contributed by atoms with Crippen molar-refractivity contribution in [3.8, 4) is 16.4 Å². The molecule has 3 aromatic rings. The quantitative estimate of drug-likeness (QED) is 0.766. The molecule has 0 radical (unpaired) electrons. The summed E-state index contributed by atoms with van der Waals surface area (Å²) in [6, 6.07) is 3.73. The van der Waals surface area contributed by atoms with Crippen molar-refractivity contribution in [1.82, 2.24) is 25.0 Å². The van der Waals surface area contributed by atoms with E-state index in [9.17, 15) is 5.11 Å². The molecule has 3 aromatic heterocycles. The molecule has 0 fully saturated rings. The van der Waals surface area contributed by atoms with Gasteiger partial charge in [-0.25, -0.2) is 4.98 Å². The van der Waals surface area contributed by atoms with E-state index >= 15 is 0 Å². The van der Waals surface area contributed by atoms with Gasteiger partial charge in [-0.2, -0.15) is 4.68 Å². The summed E-state index contributed by atoms with van der Waals surface area (Å²) >= 11 is 1.46. The van der Waals surface area contributed by atoms with Crippen molar-refractivity contribution in [2.75, 3.05) is 0 Å². The van der Waals surface area contributed by atoms with Crippen LogP contribution in [0.1, 0.15) is 5.69 Å². The fourth-order valence-corrected chi connectivity index (χ4v) is 2.26. The highest BCUT2D eigenvalue weighted by Crippen LogP contribution is 2.25. The van der Waals surface area contributed by atoms with E-state index in [2.05, 4.69) is 20.3 Å². The summed E-state index contributed by atoms with van der Waals surface area (Å²) < 4.78 is 1.62. The summed E-state index contributed by atoms with van der Waals surface area (Å²) in [7, 11) is 0. The molecule has 0 atom stereocenters. The molecule has 6 nitrogen and oxygen atoms in total. The van der Waals surface area contributed by atoms with Gasteiger partial charge < -0.3 is 5.11 Å². The van der Waals surface area contributed by atoms with Gasteiger partial charge >= 0.3 is 0 Å². The Hall–Kier alpha value is -2.12. The Kier molecular flexibility index (Phi) is 2.83. The van der Waals surface area contributed by atoms with Gasteiger partial charge in [-0.1, -0.05) is 5.21 Å². The highest BCUT2D eigenvalue weighted by Gasteiger charge is 2.16. The Balaban J connectivity index is 2.20. The first-order valence-electron chi connectivity index (χ1n) is 5.26. The van der Waals surface area contributed by atoms with Gasteiger partial charge in [0.2, 0.25) is 5.13 Å². The lowest BCUT2D eigenvalue weighted by Gasteiger charge is -2.03. The third-order valence-electron chi connectivity index (χ3n) is 2.43. The minimum Gasteiger partial charge on any atom is -0.390 e. The molecule has 0 saturated carbocycles. The third-order valence-corrected chi connectivity index (χ3v) is 3.17. The van der Waals surface area contributed by atoms with Crippen LogP contribution in [0.4, 0.5) is 0 Å². The highest BCUT2D eigenvalue weighted by atomic mass is 32.1. The second-order valence-corrected chi connectivity index (χ2v) is 4.38. The minimum atomic E-state index is -0.171. The molecular weight excluding hydrogens is 250 g/mol. The van der Waals surface area contributed by atoms with Gasteiger partial charge in [-0.15, -0.1) is 16.4 Å². The average Bonchev–Trinajstić information content (AvgIpc) is 3.08. The molecule has 0 bridgehead atoms. The summed E-state index contributed by atoms with van der Waals surface area (Å²) in [4.78, 5) is 8.27. The fourth-order valence-electron chi connectivity index (χ4n) is 1.67. The molecule has 18 heavy (non-hydrogen) atoms. The molecule has 0 aliphatic carbocycles. The zero-order valence-corrected chi connectivity index (χ0v) is 10.1. The Labute approximate surface area is 107 Å². The molecule has 0 aromatic carbocycles. The number of aromatic nitrogens is 5. The predicted octanol–water partition coefficient (Wildman–Crippen LogP) is 1.28. The molecule has 7 heteroatoms. The molecule has 90 valence electrons. The van der Waals surface area contributed by atoms with E-state index in [-0.39, 0.29) is 6.61 Å². The van der Waals surface area contributed by atoms with Gasteiger partial charge in [0.25, 0.3) is 0 Å². The second kappa shape index (κ2) is 4.63. The van der Waals surface area contributed by atoms with Crippen LogP contribution in [0, 0.1) is 0 Å². The lowest BCUT2D eigenvalue weighted by Crippen LogP contribution is -1.99. The van der Waals surface area contributed by atoms with Gasteiger partial charge in [0, 0.05) is 29.5 Å². The topological polar surface area (TPSA) is 76.7 Å². The number of rotatable bonds is 3. The first kappa shape index (κ1) is 11.0. The smallest absolute Gasteiger partial charge is 0.212 e. The maximum absolute atomic E-state index is 9.34. The lowest BCUT2D eigenvalue weighted by atomic mass is 10.2. The molecule has 1 N–H and O–H groups in total. The maximum Gasteiger partial charge on any atom is 0.212 e. The summed E-state index contributed by atoms with van der Waals surface area (Å²) in [6.45, 7) is -0.171. The van der Waals surface area contributed by atoms with Crippen molar-refractivity contribution in [3.05, 3.63) is 41.8 Å². The van der Waals surface area contributed by atoms with Crippen molar-refractivity contribution in [2.24, 2.45) is 0 Å². The standard InChI is InChI=1S/C11H9N5OS/c17-7-9-10(8-2-1-3-12-6-8)16(15-14-9)11-13-4-5-18-11/h1-6,17H,7H2. The highest BCUT2D eigenvalue weighted by molar-refractivity contribution is 7.12. The SMILES string of the molecule is OCc1nnn(-c2nccs2)c1-c1cccnc1. The lowest BCUT2D eigenvalue weighted by molar-refractivity contribution is 0.277. The molecule has 0 aliphatic heterocycles. The number of pyridine rings is 1. The van der Waals surface area contributed by atoms with Crippen LogP contribution < -0.4 is 0 Å². The van der Waals surface area contributed by atoms with Crippen LogP contribution in [-0.4, -0.2) is 30.1 Å². The number of aliphatic hydroxyl groups is 1. The molecule has 0 amide bonds. The fraction of sp³-hybridized carbons (Fsp3) is 0.0909. The monoisotopic (exact) mass is 259 g/mol. The van der Waals surface area contributed by atoms with Gasteiger partial charge in [0.15, 0.2) is 0 Å². The normalized spacial score (nSPS) is 10.7. The number of aliphatic hydroxyl groups excluding tert-OH is 1. The Morgan fingerprint density at radius 2 is 2.28 bits per heavy atom.